The topological polar surface area (TPSA) is 57.0 Å². The molecule has 6 heteroatoms. The van der Waals surface area contributed by atoms with E-state index < -0.39 is 0 Å². The molecule has 0 radical (unpaired) electrons. The Morgan fingerprint density at radius 3 is 2.56 bits per heavy atom. The Morgan fingerprint density at radius 1 is 1.38 bits per heavy atom. The van der Waals surface area contributed by atoms with Crippen molar-refractivity contribution in [2.75, 3.05) is 7.11 Å². The third-order valence-electron chi connectivity index (χ3n) is 2.07. The number of hydrogen-bond donors (Lipinski definition) is 0. The molecule has 0 fully saturated rings. The summed E-state index contributed by atoms with van der Waals surface area (Å²) < 4.78 is 6.41. The van der Waals surface area contributed by atoms with Gasteiger partial charge in [-0.25, -0.2) is 4.68 Å². The summed E-state index contributed by atoms with van der Waals surface area (Å²) in [5, 5.41) is 7.60. The van der Waals surface area contributed by atoms with Gasteiger partial charge in [0.05, 0.1) is 12.8 Å². The lowest BCUT2D eigenvalue weighted by Gasteiger charge is -2.03. The van der Waals surface area contributed by atoms with Crippen LogP contribution in [0.25, 0.3) is 5.69 Å². The van der Waals surface area contributed by atoms with Gasteiger partial charge in [-0.2, -0.15) is 0 Å². The fourth-order valence-electron chi connectivity index (χ4n) is 1.24. The molecule has 1 aromatic heterocycles. The second-order valence-corrected chi connectivity index (χ2v) is 3.35. The second-order valence-electron chi connectivity index (χ2n) is 2.99. The van der Waals surface area contributed by atoms with Crippen molar-refractivity contribution in [3.63, 3.8) is 0 Å². The first-order valence-electron chi connectivity index (χ1n) is 4.47. The van der Waals surface area contributed by atoms with Gasteiger partial charge in [0.1, 0.15) is 5.75 Å². The number of carbonyl (C=O) groups is 1. The summed E-state index contributed by atoms with van der Waals surface area (Å²) in [6, 6.07) is 7.09. The van der Waals surface area contributed by atoms with Crippen molar-refractivity contribution in [2.24, 2.45) is 0 Å². The third-order valence-corrected chi connectivity index (χ3v) is 2.42. The van der Waals surface area contributed by atoms with Crippen LogP contribution >= 0.6 is 11.6 Å². The Hall–Kier alpha value is -1.88. The van der Waals surface area contributed by atoms with Crippen LogP contribution in [0.1, 0.15) is 10.5 Å². The number of carbonyl (C=O) groups excluding carboxylic acids is 1. The first-order valence-corrected chi connectivity index (χ1v) is 4.85. The minimum absolute atomic E-state index is 0.123. The van der Waals surface area contributed by atoms with Crippen molar-refractivity contribution < 1.29 is 9.53 Å². The number of aromatic nitrogens is 3. The van der Waals surface area contributed by atoms with Crippen molar-refractivity contribution in [1.29, 1.82) is 0 Å². The highest BCUT2D eigenvalue weighted by atomic mass is 35.5. The van der Waals surface area contributed by atoms with Crippen molar-refractivity contribution in [3.05, 3.63) is 35.1 Å². The normalized spacial score (nSPS) is 10.1. The van der Waals surface area contributed by atoms with Crippen molar-refractivity contribution in [3.8, 4) is 11.4 Å². The molecule has 1 heterocycles. The Kier molecular flexibility index (Phi) is 2.87. The van der Waals surface area contributed by atoms with Crippen LogP contribution in [0.15, 0.2) is 24.3 Å². The zero-order valence-corrected chi connectivity index (χ0v) is 9.18. The number of ether oxygens (including phenoxy) is 1. The molecule has 0 unspecified atom stereocenters. The van der Waals surface area contributed by atoms with E-state index in [1.54, 1.807) is 31.4 Å². The Bertz CT molecular complexity index is 507. The number of rotatable bonds is 3. The average molecular weight is 238 g/mol. The molecule has 0 atom stereocenters. The highest BCUT2D eigenvalue weighted by Gasteiger charge is 2.10. The number of nitrogens with zero attached hydrogens (tertiary/aromatic N) is 3. The van der Waals surface area contributed by atoms with Gasteiger partial charge in [0, 0.05) is 0 Å². The Balaban J connectivity index is 2.42. The molecule has 2 rings (SSSR count). The fraction of sp³-hybridized carbons (Fsp3) is 0.100. The van der Waals surface area contributed by atoms with Gasteiger partial charge >= 0.3 is 0 Å². The van der Waals surface area contributed by atoms with Crippen LogP contribution in [0, 0.1) is 0 Å². The summed E-state index contributed by atoms with van der Waals surface area (Å²) in [6.07, 6.45) is 0.565. The third kappa shape index (κ3) is 1.77. The molecule has 0 amide bonds. The summed E-state index contributed by atoms with van der Waals surface area (Å²) in [5.74, 6) is 0.732. The van der Waals surface area contributed by atoms with Crippen LogP contribution in [0.2, 0.25) is 5.15 Å². The molecule has 0 N–H and O–H groups in total. The summed E-state index contributed by atoms with van der Waals surface area (Å²) in [7, 11) is 1.59. The van der Waals surface area contributed by atoms with Crippen LogP contribution in [-0.4, -0.2) is 28.4 Å². The number of hydrogen-bond acceptors (Lipinski definition) is 4. The maximum Gasteiger partial charge on any atom is 0.173 e. The molecular weight excluding hydrogens is 230 g/mol. The molecule has 82 valence electrons. The fourth-order valence-corrected chi connectivity index (χ4v) is 1.46. The SMILES string of the molecule is COc1ccc(-n2nnc(C=O)c2Cl)cc1. The van der Waals surface area contributed by atoms with Crippen molar-refractivity contribution in [1.82, 2.24) is 15.0 Å². The zero-order valence-electron chi connectivity index (χ0n) is 8.42. The number of benzene rings is 1. The molecule has 0 aliphatic carbocycles. The van der Waals surface area contributed by atoms with E-state index in [9.17, 15) is 4.79 Å². The molecule has 5 nitrogen and oxygen atoms in total. The van der Waals surface area contributed by atoms with Gasteiger partial charge < -0.3 is 4.74 Å². The van der Waals surface area contributed by atoms with Crippen LogP contribution < -0.4 is 4.74 Å². The monoisotopic (exact) mass is 237 g/mol. The van der Waals surface area contributed by atoms with E-state index >= 15 is 0 Å². The number of halogens is 1. The van der Waals surface area contributed by atoms with Crippen molar-refractivity contribution >= 4 is 17.9 Å². The van der Waals surface area contributed by atoms with Crippen LogP contribution in [-0.2, 0) is 0 Å². The molecule has 2 aromatic rings. The maximum atomic E-state index is 10.6. The summed E-state index contributed by atoms with van der Waals surface area (Å²) in [6.45, 7) is 0. The molecule has 0 spiro atoms. The minimum Gasteiger partial charge on any atom is -0.497 e. The van der Waals surface area contributed by atoms with E-state index in [4.69, 9.17) is 16.3 Å². The van der Waals surface area contributed by atoms with Gasteiger partial charge in [-0.05, 0) is 24.3 Å². The largest absolute Gasteiger partial charge is 0.497 e. The smallest absolute Gasteiger partial charge is 0.173 e. The van der Waals surface area contributed by atoms with E-state index in [1.165, 1.54) is 4.68 Å². The highest BCUT2D eigenvalue weighted by Crippen LogP contribution is 2.19. The first-order chi connectivity index (χ1) is 7.76. The van der Waals surface area contributed by atoms with Crippen LogP contribution in [0.4, 0.5) is 0 Å². The first kappa shape index (κ1) is 10.6. The standard InChI is InChI=1S/C10H8ClN3O2/c1-16-8-4-2-7(3-5-8)14-10(11)9(6-15)12-13-14/h2-6H,1H3. The minimum atomic E-state index is 0.123. The molecule has 0 aliphatic heterocycles. The molecule has 0 bridgehead atoms. The lowest BCUT2D eigenvalue weighted by Crippen LogP contribution is -1.96. The van der Waals surface area contributed by atoms with E-state index in [-0.39, 0.29) is 10.8 Å². The number of aldehydes is 1. The highest BCUT2D eigenvalue weighted by molar-refractivity contribution is 6.31. The summed E-state index contributed by atoms with van der Waals surface area (Å²) >= 11 is 5.91. The molecule has 16 heavy (non-hydrogen) atoms. The Morgan fingerprint density at radius 2 is 2.06 bits per heavy atom. The predicted molar refractivity (Wildman–Crippen MR) is 58.3 cm³/mol. The second kappa shape index (κ2) is 4.32. The summed E-state index contributed by atoms with van der Waals surface area (Å²) in [4.78, 5) is 10.6. The quantitative estimate of drug-likeness (QED) is 0.763. The molecule has 1 aromatic carbocycles. The van der Waals surface area contributed by atoms with Crippen LogP contribution in [0.5, 0.6) is 5.75 Å². The zero-order chi connectivity index (χ0) is 11.5. The molecule has 0 saturated carbocycles. The van der Waals surface area contributed by atoms with Gasteiger partial charge in [0.15, 0.2) is 17.1 Å². The van der Waals surface area contributed by atoms with Crippen molar-refractivity contribution in [2.45, 2.75) is 0 Å². The lowest BCUT2D eigenvalue weighted by molar-refractivity contribution is 0.111. The Labute approximate surface area is 96.6 Å². The molecular formula is C10H8ClN3O2. The summed E-state index contributed by atoms with van der Waals surface area (Å²) in [5.41, 5.74) is 0.837. The van der Waals surface area contributed by atoms with E-state index in [1.807, 2.05) is 0 Å². The van der Waals surface area contributed by atoms with Gasteiger partial charge in [0.2, 0.25) is 0 Å². The van der Waals surface area contributed by atoms with Crippen LogP contribution in [0.3, 0.4) is 0 Å². The van der Waals surface area contributed by atoms with Gasteiger partial charge in [-0.3, -0.25) is 4.79 Å². The van der Waals surface area contributed by atoms with Gasteiger partial charge in [-0.1, -0.05) is 16.8 Å². The molecule has 0 saturated heterocycles. The average Bonchev–Trinajstić information content (AvgIpc) is 2.70. The molecule has 0 aliphatic rings. The van der Waals surface area contributed by atoms with E-state index in [2.05, 4.69) is 10.3 Å². The van der Waals surface area contributed by atoms with E-state index in [0.717, 1.165) is 5.75 Å². The maximum absolute atomic E-state index is 10.6. The van der Waals surface area contributed by atoms with Gasteiger partial charge in [0.25, 0.3) is 0 Å². The predicted octanol–water partition coefficient (Wildman–Crippen LogP) is 1.74. The van der Waals surface area contributed by atoms with E-state index in [0.29, 0.717) is 12.0 Å². The lowest BCUT2D eigenvalue weighted by atomic mass is 10.3. The van der Waals surface area contributed by atoms with Gasteiger partial charge in [-0.15, -0.1) is 5.10 Å². The number of methoxy groups -OCH3 is 1.